The summed E-state index contributed by atoms with van der Waals surface area (Å²) in [6, 6.07) is 24.7. The number of benzene rings is 3. The number of ketones is 1. The summed E-state index contributed by atoms with van der Waals surface area (Å²) in [7, 11) is 0. The summed E-state index contributed by atoms with van der Waals surface area (Å²) in [5.74, 6) is 0.733. The van der Waals surface area contributed by atoms with Gasteiger partial charge in [0.15, 0.2) is 5.78 Å². The van der Waals surface area contributed by atoms with Crippen LogP contribution >= 0.6 is 0 Å². The first-order valence-corrected chi connectivity index (χ1v) is 8.42. The van der Waals surface area contributed by atoms with Gasteiger partial charge in [0.25, 0.3) is 0 Å². The van der Waals surface area contributed by atoms with E-state index in [1.54, 1.807) is 12.1 Å². The summed E-state index contributed by atoms with van der Waals surface area (Å²) in [6.07, 6.45) is 0.678. The summed E-state index contributed by atoms with van der Waals surface area (Å²) in [5.41, 5.74) is 9.98. The van der Waals surface area contributed by atoms with Gasteiger partial charge in [0, 0.05) is 17.2 Å². The van der Waals surface area contributed by atoms with Crippen molar-refractivity contribution >= 4 is 5.78 Å². The quantitative estimate of drug-likeness (QED) is 0.738. The molecule has 4 rings (SSSR count). The molecule has 2 atom stereocenters. The number of hydrogen-bond donors (Lipinski definition) is 1. The molecular formula is C22H19NO2. The zero-order chi connectivity index (χ0) is 17.2. The molecule has 0 amide bonds. The minimum Gasteiger partial charge on any atom is -0.484 e. The Morgan fingerprint density at radius 1 is 0.840 bits per heavy atom. The zero-order valence-corrected chi connectivity index (χ0v) is 13.8. The van der Waals surface area contributed by atoms with Crippen LogP contribution in [0.1, 0.15) is 33.2 Å². The maximum atomic E-state index is 12.5. The van der Waals surface area contributed by atoms with Crippen molar-refractivity contribution in [3.05, 3.63) is 101 Å². The fraction of sp³-hybridized carbons (Fsp3) is 0.136. The predicted octanol–water partition coefficient (Wildman–Crippen LogP) is 3.92. The van der Waals surface area contributed by atoms with Crippen molar-refractivity contribution in [3.8, 4) is 5.75 Å². The van der Waals surface area contributed by atoms with E-state index in [4.69, 9.17) is 10.5 Å². The van der Waals surface area contributed by atoms with Crippen molar-refractivity contribution in [1.82, 2.24) is 0 Å². The second-order valence-corrected chi connectivity index (χ2v) is 6.32. The zero-order valence-electron chi connectivity index (χ0n) is 13.8. The molecular weight excluding hydrogens is 310 g/mol. The second kappa shape index (κ2) is 6.54. The Bertz CT molecular complexity index is 887. The maximum Gasteiger partial charge on any atom is 0.193 e. The lowest BCUT2D eigenvalue weighted by Gasteiger charge is -2.19. The van der Waals surface area contributed by atoms with E-state index in [2.05, 4.69) is 12.1 Å². The third-order valence-electron chi connectivity index (χ3n) is 4.62. The van der Waals surface area contributed by atoms with Crippen LogP contribution in [0.15, 0.2) is 78.9 Å². The Balaban J connectivity index is 1.53. The Morgan fingerprint density at radius 3 is 2.24 bits per heavy atom. The highest BCUT2D eigenvalue weighted by Crippen LogP contribution is 2.34. The highest BCUT2D eigenvalue weighted by Gasteiger charge is 2.31. The number of ether oxygens (including phenoxy) is 1. The van der Waals surface area contributed by atoms with E-state index >= 15 is 0 Å². The Morgan fingerprint density at radius 2 is 1.48 bits per heavy atom. The second-order valence-electron chi connectivity index (χ2n) is 6.32. The van der Waals surface area contributed by atoms with Crippen LogP contribution in [0.25, 0.3) is 0 Å². The molecule has 0 unspecified atom stereocenters. The van der Waals surface area contributed by atoms with Crippen LogP contribution < -0.4 is 10.5 Å². The van der Waals surface area contributed by atoms with Gasteiger partial charge >= 0.3 is 0 Å². The molecule has 0 heterocycles. The monoisotopic (exact) mass is 329 g/mol. The molecule has 3 heteroatoms. The van der Waals surface area contributed by atoms with Crippen molar-refractivity contribution in [1.29, 1.82) is 0 Å². The van der Waals surface area contributed by atoms with Crippen LogP contribution in [0.2, 0.25) is 0 Å². The fourth-order valence-electron chi connectivity index (χ4n) is 3.33. The Labute approximate surface area is 147 Å². The molecule has 3 aromatic rings. The van der Waals surface area contributed by atoms with Crippen LogP contribution in [0, 0.1) is 0 Å². The Hall–Kier alpha value is -2.91. The van der Waals surface area contributed by atoms with Gasteiger partial charge in [-0.2, -0.15) is 0 Å². The van der Waals surface area contributed by atoms with Gasteiger partial charge in [0.1, 0.15) is 11.9 Å². The number of rotatable bonds is 4. The smallest absolute Gasteiger partial charge is 0.193 e. The van der Waals surface area contributed by atoms with E-state index in [1.165, 1.54) is 5.56 Å². The minimum absolute atomic E-state index is 0.00932. The van der Waals surface area contributed by atoms with Gasteiger partial charge in [-0.3, -0.25) is 4.79 Å². The summed E-state index contributed by atoms with van der Waals surface area (Å²) in [5, 5.41) is 0. The number of nitrogens with two attached hydrogens (primary N) is 1. The molecule has 0 fully saturated rings. The topological polar surface area (TPSA) is 52.3 Å². The van der Waals surface area contributed by atoms with Gasteiger partial charge in [0.2, 0.25) is 0 Å². The first-order chi connectivity index (χ1) is 12.2. The van der Waals surface area contributed by atoms with Gasteiger partial charge in [-0.05, 0) is 41.8 Å². The predicted molar refractivity (Wildman–Crippen MR) is 97.8 cm³/mol. The van der Waals surface area contributed by atoms with Gasteiger partial charge in [-0.15, -0.1) is 0 Å². The first-order valence-electron chi connectivity index (χ1n) is 8.42. The van der Waals surface area contributed by atoms with Gasteiger partial charge in [0.05, 0.1) is 0 Å². The van der Waals surface area contributed by atoms with E-state index in [-0.39, 0.29) is 17.9 Å². The average molecular weight is 329 g/mol. The van der Waals surface area contributed by atoms with Crippen LogP contribution in [-0.4, -0.2) is 11.8 Å². The highest BCUT2D eigenvalue weighted by atomic mass is 16.5. The number of carbonyl (C=O) groups excluding carboxylic acids is 1. The van der Waals surface area contributed by atoms with Crippen molar-refractivity contribution in [3.63, 3.8) is 0 Å². The van der Waals surface area contributed by atoms with E-state index in [9.17, 15) is 4.79 Å². The molecule has 0 saturated carbocycles. The van der Waals surface area contributed by atoms with Crippen LogP contribution in [0.5, 0.6) is 5.75 Å². The number of carbonyl (C=O) groups is 1. The largest absolute Gasteiger partial charge is 0.484 e. The van der Waals surface area contributed by atoms with Gasteiger partial charge in [-0.1, -0.05) is 54.6 Å². The van der Waals surface area contributed by atoms with E-state index in [1.807, 2.05) is 54.6 Å². The summed E-state index contributed by atoms with van der Waals surface area (Å²) in [6.45, 7) is 0. The lowest BCUT2D eigenvalue weighted by atomic mass is 10.0. The summed E-state index contributed by atoms with van der Waals surface area (Å²) >= 11 is 0. The maximum absolute atomic E-state index is 12.5. The molecule has 1 aliphatic rings. The standard InChI is InChI=1S/C22H19NO2/c23-20-14-17-8-4-5-9-19(17)22(20)25-18-12-10-16(11-13-18)21(24)15-6-2-1-3-7-15/h1-13,20,22H,14,23H2/t20-,22+/m0/s1. The molecule has 1 aliphatic carbocycles. The van der Waals surface area contributed by atoms with Crippen LogP contribution in [0.3, 0.4) is 0 Å². The van der Waals surface area contributed by atoms with Crippen LogP contribution in [0.4, 0.5) is 0 Å². The summed E-state index contributed by atoms with van der Waals surface area (Å²) in [4.78, 5) is 12.5. The first kappa shape index (κ1) is 15.6. The van der Waals surface area contributed by atoms with E-state index < -0.39 is 0 Å². The lowest BCUT2D eigenvalue weighted by Crippen LogP contribution is -2.28. The van der Waals surface area contributed by atoms with Crippen LogP contribution in [-0.2, 0) is 6.42 Å². The lowest BCUT2D eigenvalue weighted by molar-refractivity contribution is 0.103. The van der Waals surface area contributed by atoms with E-state index in [0.29, 0.717) is 11.1 Å². The normalized spacial score (nSPS) is 18.6. The third-order valence-corrected chi connectivity index (χ3v) is 4.62. The van der Waals surface area contributed by atoms with Crippen molar-refractivity contribution in [2.45, 2.75) is 18.6 Å². The molecule has 3 aromatic carbocycles. The molecule has 2 N–H and O–H groups in total. The van der Waals surface area contributed by atoms with Gasteiger partial charge < -0.3 is 10.5 Å². The van der Waals surface area contributed by atoms with Crippen molar-refractivity contribution in [2.24, 2.45) is 5.73 Å². The Kier molecular flexibility index (Phi) is 4.08. The molecule has 0 aliphatic heterocycles. The fourth-order valence-corrected chi connectivity index (χ4v) is 3.33. The summed E-state index contributed by atoms with van der Waals surface area (Å²) < 4.78 is 6.12. The molecule has 0 spiro atoms. The SMILES string of the molecule is N[C@H]1Cc2ccccc2[C@H]1Oc1ccc(C(=O)c2ccccc2)cc1. The number of hydrogen-bond acceptors (Lipinski definition) is 3. The molecule has 124 valence electrons. The molecule has 0 radical (unpaired) electrons. The average Bonchev–Trinajstić information content (AvgIpc) is 2.98. The molecule has 3 nitrogen and oxygen atoms in total. The molecule has 0 saturated heterocycles. The number of fused-ring (bicyclic) bond motifs is 1. The van der Waals surface area contributed by atoms with Crippen molar-refractivity contribution < 1.29 is 9.53 Å². The highest BCUT2D eigenvalue weighted by molar-refractivity contribution is 6.08. The van der Waals surface area contributed by atoms with E-state index in [0.717, 1.165) is 17.7 Å². The third kappa shape index (κ3) is 3.06. The molecule has 25 heavy (non-hydrogen) atoms. The van der Waals surface area contributed by atoms with Crippen molar-refractivity contribution in [2.75, 3.05) is 0 Å². The van der Waals surface area contributed by atoms with Gasteiger partial charge in [-0.25, -0.2) is 0 Å². The molecule has 0 aromatic heterocycles. The minimum atomic E-state index is -0.146. The molecule has 0 bridgehead atoms.